The molecule has 1 aromatic carbocycles. The monoisotopic (exact) mass is 407 g/mol. The van der Waals surface area contributed by atoms with Gasteiger partial charge in [-0.1, -0.05) is 17.8 Å². The maximum Gasteiger partial charge on any atom is 0.161 e. The molecule has 29 heavy (non-hydrogen) atoms. The number of anilines is 2. The molecule has 0 saturated carbocycles. The number of benzene rings is 1. The molecule has 1 aliphatic rings. The first-order chi connectivity index (χ1) is 14.0. The van der Waals surface area contributed by atoms with Crippen LogP contribution in [0.3, 0.4) is 0 Å². The molecule has 2 aromatic heterocycles. The van der Waals surface area contributed by atoms with E-state index in [0.29, 0.717) is 19.0 Å². The van der Waals surface area contributed by atoms with Crippen molar-refractivity contribution in [2.45, 2.75) is 23.6 Å². The summed E-state index contributed by atoms with van der Waals surface area (Å²) in [5.74, 6) is 1.64. The van der Waals surface area contributed by atoms with Crippen LogP contribution in [-0.2, 0) is 9.48 Å². The van der Waals surface area contributed by atoms with E-state index < -0.39 is 0 Å². The van der Waals surface area contributed by atoms with Crippen molar-refractivity contribution in [3.63, 3.8) is 0 Å². The summed E-state index contributed by atoms with van der Waals surface area (Å²) >= 11 is 1.70. The Hall–Kier alpha value is -2.64. The lowest BCUT2D eigenvalue weighted by Gasteiger charge is -2.30. The zero-order valence-electron chi connectivity index (χ0n) is 16.7. The molecule has 2 N–H and O–H groups in total. The maximum absolute atomic E-state index is 5.86. The van der Waals surface area contributed by atoms with Crippen LogP contribution in [0, 0.1) is 0 Å². The van der Waals surface area contributed by atoms with Gasteiger partial charge in [0.25, 0.3) is 0 Å². The molecule has 7 heteroatoms. The minimum Gasteiger partial charge on any atom is -0.399 e. The number of thioether (sulfide) groups is 1. The van der Waals surface area contributed by atoms with Crippen LogP contribution in [0.4, 0.5) is 11.5 Å². The zero-order chi connectivity index (χ0) is 20.3. The van der Waals surface area contributed by atoms with Gasteiger partial charge in [-0.3, -0.25) is 0 Å². The lowest BCUT2D eigenvalue weighted by molar-refractivity contribution is 0.122. The van der Waals surface area contributed by atoms with E-state index in [-0.39, 0.29) is 4.75 Å². The van der Waals surface area contributed by atoms with E-state index in [1.807, 2.05) is 48.7 Å². The van der Waals surface area contributed by atoms with Crippen molar-refractivity contribution in [2.75, 3.05) is 36.9 Å². The Morgan fingerprint density at radius 3 is 2.48 bits per heavy atom. The summed E-state index contributed by atoms with van der Waals surface area (Å²) in [5, 5.41) is 0.970. The predicted octanol–water partition coefficient (Wildman–Crippen LogP) is 3.98. The first-order valence-electron chi connectivity index (χ1n) is 9.69. The van der Waals surface area contributed by atoms with Crippen LogP contribution in [-0.4, -0.2) is 41.3 Å². The number of morpholine rings is 1. The summed E-state index contributed by atoms with van der Waals surface area (Å²) in [4.78, 5) is 16.5. The molecule has 1 fully saturated rings. The van der Waals surface area contributed by atoms with Crippen molar-refractivity contribution in [1.29, 1.82) is 0 Å². The summed E-state index contributed by atoms with van der Waals surface area (Å²) in [5.41, 5.74) is 8.51. The van der Waals surface area contributed by atoms with E-state index in [0.717, 1.165) is 40.9 Å². The first kappa shape index (κ1) is 19.7. The number of ether oxygens (including phenoxy) is 1. The smallest absolute Gasteiger partial charge is 0.161 e. The fraction of sp³-hybridized carbons (Fsp3) is 0.318. The van der Waals surface area contributed by atoms with E-state index >= 15 is 0 Å². The number of nitrogens with two attached hydrogens (primary N) is 1. The Bertz CT molecular complexity index is 957. The Morgan fingerprint density at radius 1 is 1.03 bits per heavy atom. The minimum absolute atomic E-state index is 0.277. The fourth-order valence-corrected chi connectivity index (χ4v) is 4.17. The highest BCUT2D eigenvalue weighted by atomic mass is 32.2. The first-order valence-corrected chi connectivity index (χ1v) is 10.5. The predicted molar refractivity (Wildman–Crippen MR) is 118 cm³/mol. The van der Waals surface area contributed by atoms with Crippen LogP contribution < -0.4 is 10.6 Å². The summed E-state index contributed by atoms with van der Waals surface area (Å²) < 4.78 is 5.24. The molecule has 0 atom stereocenters. The highest BCUT2D eigenvalue weighted by Crippen LogP contribution is 2.40. The van der Waals surface area contributed by atoms with E-state index in [4.69, 9.17) is 20.4 Å². The van der Waals surface area contributed by atoms with E-state index in [2.05, 4.69) is 29.8 Å². The molecule has 1 saturated heterocycles. The van der Waals surface area contributed by atoms with Gasteiger partial charge in [0, 0.05) is 36.6 Å². The molecular weight excluding hydrogens is 382 g/mol. The van der Waals surface area contributed by atoms with Crippen LogP contribution in [0.2, 0.25) is 0 Å². The van der Waals surface area contributed by atoms with E-state index in [1.165, 1.54) is 0 Å². The molecule has 0 aliphatic carbocycles. The second-order valence-corrected chi connectivity index (χ2v) is 9.08. The van der Waals surface area contributed by atoms with Crippen molar-refractivity contribution in [2.24, 2.45) is 0 Å². The average molecular weight is 408 g/mol. The fourth-order valence-electron chi connectivity index (χ4n) is 3.18. The second-order valence-electron chi connectivity index (χ2n) is 7.44. The summed E-state index contributed by atoms with van der Waals surface area (Å²) in [6.07, 6.45) is 1.82. The standard InChI is InChI=1S/C22H25N5OS/c1-22(2,29-20-5-3-4-10-24-20)18-15-19(27-11-13-28-14-12-27)26-21(25-18)16-6-8-17(23)9-7-16/h3-10,15H,11-14,23H2,1-2H3. The number of aromatic nitrogens is 3. The van der Waals surface area contributed by atoms with Crippen molar-refractivity contribution < 1.29 is 4.74 Å². The summed E-state index contributed by atoms with van der Waals surface area (Å²) in [6.45, 7) is 7.41. The molecule has 0 spiro atoms. The topological polar surface area (TPSA) is 77.2 Å². The third-order valence-corrected chi connectivity index (χ3v) is 6.00. The minimum atomic E-state index is -0.277. The molecule has 0 unspecified atom stereocenters. The van der Waals surface area contributed by atoms with Gasteiger partial charge in [0.15, 0.2) is 5.82 Å². The summed E-state index contributed by atoms with van der Waals surface area (Å²) in [7, 11) is 0. The maximum atomic E-state index is 5.86. The number of hydrogen-bond donors (Lipinski definition) is 1. The Balaban J connectivity index is 1.75. The number of nitrogen functional groups attached to an aromatic ring is 1. The van der Waals surface area contributed by atoms with E-state index in [9.17, 15) is 0 Å². The Labute approximate surface area is 175 Å². The van der Waals surface area contributed by atoms with Crippen molar-refractivity contribution in [3.05, 3.63) is 60.4 Å². The zero-order valence-corrected chi connectivity index (χ0v) is 17.5. The Morgan fingerprint density at radius 2 is 1.79 bits per heavy atom. The van der Waals surface area contributed by atoms with Crippen molar-refractivity contribution in [1.82, 2.24) is 15.0 Å². The van der Waals surface area contributed by atoms with Gasteiger partial charge >= 0.3 is 0 Å². The largest absolute Gasteiger partial charge is 0.399 e. The molecule has 3 heterocycles. The third kappa shape index (κ3) is 4.68. The van der Waals surface area contributed by atoms with Gasteiger partial charge in [-0.15, -0.1) is 0 Å². The van der Waals surface area contributed by atoms with Crippen molar-refractivity contribution in [3.8, 4) is 11.4 Å². The van der Waals surface area contributed by atoms with Crippen molar-refractivity contribution >= 4 is 23.3 Å². The van der Waals surface area contributed by atoms with Gasteiger partial charge in [-0.05, 0) is 50.2 Å². The van der Waals surface area contributed by atoms with Gasteiger partial charge in [-0.2, -0.15) is 0 Å². The van der Waals surface area contributed by atoms with Crippen LogP contribution in [0.15, 0.2) is 59.8 Å². The highest BCUT2D eigenvalue weighted by Gasteiger charge is 2.27. The number of pyridine rings is 1. The molecule has 0 bridgehead atoms. The number of nitrogens with zero attached hydrogens (tertiary/aromatic N) is 4. The normalized spacial score (nSPS) is 14.8. The second kappa shape index (κ2) is 8.39. The third-order valence-electron chi connectivity index (χ3n) is 4.83. The highest BCUT2D eigenvalue weighted by molar-refractivity contribution is 8.00. The van der Waals surface area contributed by atoms with Gasteiger partial charge in [0.1, 0.15) is 5.82 Å². The number of hydrogen-bond acceptors (Lipinski definition) is 7. The van der Waals surface area contributed by atoms with Crippen LogP contribution in [0.1, 0.15) is 19.5 Å². The van der Waals surface area contributed by atoms with Crippen LogP contribution >= 0.6 is 11.8 Å². The summed E-state index contributed by atoms with van der Waals surface area (Å²) in [6, 6.07) is 15.8. The van der Waals surface area contributed by atoms with Crippen LogP contribution in [0.25, 0.3) is 11.4 Å². The Kier molecular flexibility index (Phi) is 5.69. The van der Waals surface area contributed by atoms with Gasteiger partial charge in [0.05, 0.1) is 28.7 Å². The SMILES string of the molecule is CC(C)(Sc1ccccn1)c1cc(N2CCOCC2)nc(-c2ccc(N)cc2)n1. The molecule has 1 aliphatic heterocycles. The molecule has 0 amide bonds. The lowest BCUT2D eigenvalue weighted by atomic mass is 10.1. The number of rotatable bonds is 5. The average Bonchev–Trinajstić information content (AvgIpc) is 2.75. The van der Waals surface area contributed by atoms with Gasteiger partial charge < -0.3 is 15.4 Å². The molecule has 3 aromatic rings. The lowest BCUT2D eigenvalue weighted by Crippen LogP contribution is -2.37. The van der Waals surface area contributed by atoms with Gasteiger partial charge in [-0.25, -0.2) is 15.0 Å². The van der Waals surface area contributed by atoms with E-state index in [1.54, 1.807) is 11.8 Å². The molecule has 0 radical (unpaired) electrons. The van der Waals surface area contributed by atoms with Crippen LogP contribution in [0.5, 0.6) is 0 Å². The molecule has 6 nitrogen and oxygen atoms in total. The quantitative estimate of drug-likeness (QED) is 0.506. The molecule has 4 rings (SSSR count). The molecular formula is C22H25N5OS. The molecule has 150 valence electrons. The van der Waals surface area contributed by atoms with Gasteiger partial charge in [0.2, 0.25) is 0 Å².